The number of allylic oxidation sites excluding steroid dienone is 2. The van der Waals surface area contributed by atoms with Gasteiger partial charge in [-0.1, -0.05) is 26.8 Å². The average Bonchev–Trinajstić information content (AvgIpc) is 2.51. The maximum Gasteiger partial charge on any atom is 0.158 e. The smallest absolute Gasteiger partial charge is 0.158 e. The van der Waals surface area contributed by atoms with Gasteiger partial charge in [-0.15, -0.1) is 0 Å². The normalized spacial score (nSPS) is 39.6. The number of carbonyl (C=O) groups excluding carboxylic acids is 1. The molecule has 1 heteroatoms. The number of hydrogen-bond acceptors (Lipinski definition) is 1. The SMILES string of the molecule is CC1=CC2(CCC1=O)C(C)CCC2C(C)C. The molecule has 0 saturated heterocycles. The Balaban J connectivity index is 2.38. The third-order valence-electron chi connectivity index (χ3n) is 5.03. The first kappa shape index (κ1) is 11.9. The van der Waals surface area contributed by atoms with Crippen molar-refractivity contribution in [2.24, 2.45) is 23.2 Å². The Bertz CT molecular complexity index is 326. The highest BCUT2D eigenvalue weighted by Crippen LogP contribution is 2.56. The zero-order valence-corrected chi connectivity index (χ0v) is 11.0. The van der Waals surface area contributed by atoms with E-state index in [1.165, 1.54) is 12.8 Å². The molecule has 1 fully saturated rings. The fourth-order valence-corrected chi connectivity index (χ4v) is 4.05. The largest absolute Gasteiger partial charge is 0.295 e. The van der Waals surface area contributed by atoms with Crippen molar-refractivity contribution in [3.05, 3.63) is 11.6 Å². The number of carbonyl (C=O) groups is 1. The van der Waals surface area contributed by atoms with Crippen molar-refractivity contribution < 1.29 is 4.79 Å². The molecule has 0 aromatic carbocycles. The minimum Gasteiger partial charge on any atom is -0.295 e. The van der Waals surface area contributed by atoms with Crippen LogP contribution in [0.3, 0.4) is 0 Å². The summed E-state index contributed by atoms with van der Waals surface area (Å²) >= 11 is 0. The van der Waals surface area contributed by atoms with Gasteiger partial charge in [0.2, 0.25) is 0 Å². The summed E-state index contributed by atoms with van der Waals surface area (Å²) in [5.41, 5.74) is 1.36. The van der Waals surface area contributed by atoms with Crippen LogP contribution in [0.25, 0.3) is 0 Å². The zero-order valence-electron chi connectivity index (χ0n) is 11.0. The van der Waals surface area contributed by atoms with Crippen LogP contribution >= 0.6 is 0 Å². The molecule has 0 radical (unpaired) electrons. The predicted molar refractivity (Wildman–Crippen MR) is 67.2 cm³/mol. The van der Waals surface area contributed by atoms with Crippen molar-refractivity contribution >= 4 is 5.78 Å². The predicted octanol–water partition coefficient (Wildman–Crippen LogP) is 3.98. The lowest BCUT2D eigenvalue weighted by Gasteiger charge is -2.41. The molecule has 0 aromatic rings. The highest BCUT2D eigenvalue weighted by molar-refractivity contribution is 5.95. The van der Waals surface area contributed by atoms with Crippen LogP contribution in [-0.2, 0) is 4.79 Å². The minimum absolute atomic E-state index is 0.339. The lowest BCUT2D eigenvalue weighted by molar-refractivity contribution is -0.117. The van der Waals surface area contributed by atoms with Crippen LogP contribution in [0.2, 0.25) is 0 Å². The molecule has 3 atom stereocenters. The van der Waals surface area contributed by atoms with E-state index in [4.69, 9.17) is 0 Å². The van der Waals surface area contributed by atoms with Crippen LogP contribution in [0.15, 0.2) is 11.6 Å². The molecule has 3 unspecified atom stereocenters. The number of rotatable bonds is 1. The highest BCUT2D eigenvalue weighted by atomic mass is 16.1. The first-order valence-electron chi connectivity index (χ1n) is 6.70. The monoisotopic (exact) mass is 220 g/mol. The van der Waals surface area contributed by atoms with Gasteiger partial charge in [0.25, 0.3) is 0 Å². The molecule has 16 heavy (non-hydrogen) atoms. The Morgan fingerprint density at radius 1 is 1.38 bits per heavy atom. The van der Waals surface area contributed by atoms with E-state index in [-0.39, 0.29) is 0 Å². The molecule has 1 saturated carbocycles. The number of ketones is 1. The van der Waals surface area contributed by atoms with E-state index in [1.807, 2.05) is 6.92 Å². The maximum atomic E-state index is 11.6. The lowest BCUT2D eigenvalue weighted by atomic mass is 9.63. The standard InChI is InChI=1S/C15H24O/c1-10(2)13-6-5-12(4)15(13)8-7-14(16)11(3)9-15/h9-10,12-13H,5-8H2,1-4H3. The molecule has 0 aromatic heterocycles. The second-order valence-electron chi connectivity index (χ2n) is 6.19. The molecule has 90 valence electrons. The fourth-order valence-electron chi connectivity index (χ4n) is 4.05. The fraction of sp³-hybridized carbons (Fsp3) is 0.800. The van der Waals surface area contributed by atoms with E-state index in [1.54, 1.807) is 0 Å². The second kappa shape index (κ2) is 4.01. The van der Waals surface area contributed by atoms with Gasteiger partial charge < -0.3 is 0 Å². The van der Waals surface area contributed by atoms with E-state index < -0.39 is 0 Å². The van der Waals surface area contributed by atoms with Gasteiger partial charge >= 0.3 is 0 Å². The third kappa shape index (κ3) is 1.65. The first-order chi connectivity index (χ1) is 7.47. The lowest BCUT2D eigenvalue weighted by Crippen LogP contribution is -2.35. The number of hydrogen-bond donors (Lipinski definition) is 0. The van der Waals surface area contributed by atoms with Crippen molar-refractivity contribution in [2.45, 2.75) is 53.4 Å². The molecule has 0 bridgehead atoms. The molecule has 0 N–H and O–H groups in total. The maximum absolute atomic E-state index is 11.6. The van der Waals surface area contributed by atoms with Gasteiger partial charge in [0.1, 0.15) is 0 Å². The van der Waals surface area contributed by atoms with Crippen LogP contribution in [0.5, 0.6) is 0 Å². The van der Waals surface area contributed by atoms with E-state index in [0.29, 0.717) is 11.2 Å². The molecule has 2 aliphatic rings. The summed E-state index contributed by atoms with van der Waals surface area (Å²) in [4.78, 5) is 11.6. The molecule has 0 aliphatic heterocycles. The van der Waals surface area contributed by atoms with Crippen molar-refractivity contribution in [1.29, 1.82) is 0 Å². The molecular formula is C15H24O. The topological polar surface area (TPSA) is 17.1 Å². The van der Waals surface area contributed by atoms with Crippen LogP contribution < -0.4 is 0 Å². The van der Waals surface area contributed by atoms with E-state index in [2.05, 4.69) is 26.8 Å². The second-order valence-corrected chi connectivity index (χ2v) is 6.19. The summed E-state index contributed by atoms with van der Waals surface area (Å²) < 4.78 is 0. The van der Waals surface area contributed by atoms with Gasteiger partial charge in [0, 0.05) is 6.42 Å². The minimum atomic E-state index is 0.339. The third-order valence-corrected chi connectivity index (χ3v) is 5.03. The van der Waals surface area contributed by atoms with Gasteiger partial charge in [-0.3, -0.25) is 4.79 Å². The summed E-state index contributed by atoms with van der Waals surface area (Å²) in [6.07, 6.45) is 6.88. The molecule has 2 aliphatic carbocycles. The Labute approximate surface area is 99.3 Å². The Kier molecular flexibility index (Phi) is 2.98. The van der Waals surface area contributed by atoms with E-state index in [0.717, 1.165) is 36.2 Å². The molecular weight excluding hydrogens is 196 g/mol. The van der Waals surface area contributed by atoms with E-state index in [9.17, 15) is 4.79 Å². The molecule has 1 spiro atoms. The molecule has 2 rings (SSSR count). The van der Waals surface area contributed by atoms with Gasteiger partial charge in [0.15, 0.2) is 5.78 Å². The van der Waals surface area contributed by atoms with Gasteiger partial charge in [-0.05, 0) is 54.9 Å². The quantitative estimate of drug-likeness (QED) is 0.653. The summed E-state index contributed by atoms with van der Waals surface area (Å²) in [7, 11) is 0. The van der Waals surface area contributed by atoms with Crippen molar-refractivity contribution in [1.82, 2.24) is 0 Å². The summed E-state index contributed by atoms with van der Waals surface area (Å²) in [5.74, 6) is 2.64. The van der Waals surface area contributed by atoms with Crippen LogP contribution in [-0.4, -0.2) is 5.78 Å². The molecule has 1 nitrogen and oxygen atoms in total. The average molecular weight is 220 g/mol. The summed E-state index contributed by atoms with van der Waals surface area (Å²) in [5, 5.41) is 0. The van der Waals surface area contributed by atoms with Crippen molar-refractivity contribution in [3.63, 3.8) is 0 Å². The molecule has 0 heterocycles. The van der Waals surface area contributed by atoms with Crippen molar-refractivity contribution in [3.8, 4) is 0 Å². The summed E-state index contributed by atoms with van der Waals surface area (Å²) in [6, 6.07) is 0. The van der Waals surface area contributed by atoms with Gasteiger partial charge in [0.05, 0.1) is 0 Å². The first-order valence-corrected chi connectivity index (χ1v) is 6.70. The Morgan fingerprint density at radius 2 is 2.06 bits per heavy atom. The Morgan fingerprint density at radius 3 is 2.62 bits per heavy atom. The van der Waals surface area contributed by atoms with Crippen LogP contribution in [0, 0.1) is 23.2 Å². The van der Waals surface area contributed by atoms with Crippen molar-refractivity contribution in [2.75, 3.05) is 0 Å². The zero-order chi connectivity index (χ0) is 11.9. The number of Topliss-reactive ketones (excluding diaryl/α,β-unsaturated/α-hetero) is 1. The van der Waals surface area contributed by atoms with Crippen LogP contribution in [0.1, 0.15) is 53.4 Å². The highest BCUT2D eigenvalue weighted by Gasteiger charge is 2.48. The van der Waals surface area contributed by atoms with Gasteiger partial charge in [-0.25, -0.2) is 0 Å². The van der Waals surface area contributed by atoms with E-state index >= 15 is 0 Å². The van der Waals surface area contributed by atoms with Crippen LogP contribution in [0.4, 0.5) is 0 Å². The van der Waals surface area contributed by atoms with Gasteiger partial charge in [-0.2, -0.15) is 0 Å². The molecule has 0 amide bonds. The Hall–Kier alpha value is -0.590. The summed E-state index contributed by atoms with van der Waals surface area (Å²) in [6.45, 7) is 9.06.